The van der Waals surface area contributed by atoms with E-state index in [-0.39, 0.29) is 6.61 Å². The van der Waals surface area contributed by atoms with Crippen LogP contribution < -0.4 is 5.32 Å². The first-order chi connectivity index (χ1) is 6.48. The van der Waals surface area contributed by atoms with Crippen molar-refractivity contribution in [1.29, 1.82) is 0 Å². The molecule has 0 fully saturated rings. The summed E-state index contributed by atoms with van der Waals surface area (Å²) in [4.78, 5) is 0. The Morgan fingerprint density at radius 2 is 1.93 bits per heavy atom. The molecule has 0 saturated carbocycles. The van der Waals surface area contributed by atoms with E-state index in [9.17, 15) is 0 Å². The number of aliphatic hydroxyl groups is 1. The van der Waals surface area contributed by atoms with Gasteiger partial charge in [0.15, 0.2) is 0 Å². The first-order valence-corrected chi connectivity index (χ1v) is 5.40. The summed E-state index contributed by atoms with van der Waals surface area (Å²) in [5, 5.41) is 11.9. The molecular weight excluding hydrogens is 178 g/mol. The van der Waals surface area contributed by atoms with Crippen LogP contribution in [0.3, 0.4) is 0 Å². The smallest absolute Gasteiger partial charge is 0.0697 e. The SMILES string of the molecule is CC(NCCCOCCO)C(C)(C)C. The molecule has 0 aromatic heterocycles. The Morgan fingerprint density at radius 1 is 1.29 bits per heavy atom. The fourth-order valence-corrected chi connectivity index (χ4v) is 0.966. The molecule has 86 valence electrons. The fourth-order valence-electron chi connectivity index (χ4n) is 0.966. The fraction of sp³-hybridized carbons (Fsp3) is 1.00. The van der Waals surface area contributed by atoms with Gasteiger partial charge in [0.25, 0.3) is 0 Å². The molecule has 1 atom stereocenters. The van der Waals surface area contributed by atoms with Gasteiger partial charge in [0.2, 0.25) is 0 Å². The van der Waals surface area contributed by atoms with Gasteiger partial charge in [0, 0.05) is 12.6 Å². The van der Waals surface area contributed by atoms with Crippen LogP contribution in [0.1, 0.15) is 34.1 Å². The summed E-state index contributed by atoms with van der Waals surface area (Å²) in [6.07, 6.45) is 1.00. The molecule has 1 unspecified atom stereocenters. The van der Waals surface area contributed by atoms with E-state index in [2.05, 4.69) is 33.0 Å². The van der Waals surface area contributed by atoms with E-state index in [1.165, 1.54) is 0 Å². The van der Waals surface area contributed by atoms with Crippen LogP contribution in [0, 0.1) is 5.41 Å². The summed E-state index contributed by atoms with van der Waals surface area (Å²) < 4.78 is 5.16. The molecule has 0 rings (SSSR count). The number of hydrogen-bond acceptors (Lipinski definition) is 3. The maximum atomic E-state index is 8.48. The topological polar surface area (TPSA) is 41.5 Å². The molecule has 14 heavy (non-hydrogen) atoms. The van der Waals surface area contributed by atoms with Crippen LogP contribution >= 0.6 is 0 Å². The third-order valence-electron chi connectivity index (χ3n) is 2.45. The molecule has 2 N–H and O–H groups in total. The van der Waals surface area contributed by atoms with Gasteiger partial charge in [0.05, 0.1) is 13.2 Å². The van der Waals surface area contributed by atoms with E-state index in [0.29, 0.717) is 18.1 Å². The van der Waals surface area contributed by atoms with Gasteiger partial charge in [-0.05, 0) is 25.3 Å². The Balaban J connectivity index is 3.28. The minimum absolute atomic E-state index is 0.117. The zero-order chi connectivity index (χ0) is 11.0. The van der Waals surface area contributed by atoms with Crippen molar-refractivity contribution in [3.63, 3.8) is 0 Å². The van der Waals surface area contributed by atoms with Crippen LogP contribution in [0.5, 0.6) is 0 Å². The van der Waals surface area contributed by atoms with Crippen molar-refractivity contribution in [1.82, 2.24) is 5.32 Å². The molecule has 0 aliphatic rings. The number of hydrogen-bond donors (Lipinski definition) is 2. The van der Waals surface area contributed by atoms with Crippen LogP contribution in [-0.2, 0) is 4.74 Å². The van der Waals surface area contributed by atoms with E-state index in [4.69, 9.17) is 9.84 Å². The largest absolute Gasteiger partial charge is 0.394 e. The van der Waals surface area contributed by atoms with Gasteiger partial charge in [-0.15, -0.1) is 0 Å². The Hall–Kier alpha value is -0.120. The highest BCUT2D eigenvalue weighted by molar-refractivity contribution is 4.75. The highest BCUT2D eigenvalue weighted by Gasteiger charge is 2.18. The maximum absolute atomic E-state index is 8.48. The minimum Gasteiger partial charge on any atom is -0.394 e. The monoisotopic (exact) mass is 203 g/mol. The Bertz CT molecular complexity index is 132. The van der Waals surface area contributed by atoms with Crippen molar-refractivity contribution in [2.45, 2.75) is 40.2 Å². The average Bonchev–Trinajstić information content (AvgIpc) is 2.09. The van der Waals surface area contributed by atoms with Crippen LogP contribution in [-0.4, -0.2) is 37.5 Å². The standard InChI is InChI=1S/C11H25NO2/c1-10(11(2,3)4)12-6-5-8-14-9-7-13/h10,12-13H,5-9H2,1-4H3. The third-order valence-corrected chi connectivity index (χ3v) is 2.45. The van der Waals surface area contributed by atoms with Crippen LogP contribution in [0.25, 0.3) is 0 Å². The highest BCUT2D eigenvalue weighted by Crippen LogP contribution is 2.18. The Labute approximate surface area is 87.8 Å². The molecule has 0 heterocycles. The van der Waals surface area contributed by atoms with E-state index < -0.39 is 0 Å². The lowest BCUT2D eigenvalue weighted by atomic mass is 9.88. The predicted octanol–water partition coefficient (Wildman–Crippen LogP) is 1.41. The minimum atomic E-state index is 0.117. The quantitative estimate of drug-likeness (QED) is 0.615. The second-order valence-corrected chi connectivity index (χ2v) is 4.73. The summed E-state index contributed by atoms with van der Waals surface area (Å²) in [6, 6.07) is 0.514. The number of rotatable bonds is 7. The lowest BCUT2D eigenvalue weighted by molar-refractivity contribution is 0.0897. The number of nitrogens with one attached hydrogen (secondary N) is 1. The van der Waals surface area contributed by atoms with Gasteiger partial charge < -0.3 is 15.2 Å². The Kier molecular flexibility index (Phi) is 7.15. The third kappa shape index (κ3) is 7.30. The molecule has 0 spiro atoms. The van der Waals surface area contributed by atoms with E-state index in [1.54, 1.807) is 0 Å². The van der Waals surface area contributed by atoms with Gasteiger partial charge in [-0.25, -0.2) is 0 Å². The maximum Gasteiger partial charge on any atom is 0.0697 e. The van der Waals surface area contributed by atoms with Gasteiger partial charge >= 0.3 is 0 Å². The summed E-state index contributed by atoms with van der Waals surface area (Å²) in [6.45, 7) is 11.2. The molecule has 0 radical (unpaired) electrons. The Morgan fingerprint density at radius 3 is 2.43 bits per heavy atom. The normalized spacial score (nSPS) is 14.4. The van der Waals surface area contributed by atoms with Crippen LogP contribution in [0.2, 0.25) is 0 Å². The van der Waals surface area contributed by atoms with Gasteiger partial charge in [0.1, 0.15) is 0 Å². The van der Waals surface area contributed by atoms with Crippen molar-refractivity contribution in [2.24, 2.45) is 5.41 Å². The second kappa shape index (κ2) is 7.21. The average molecular weight is 203 g/mol. The highest BCUT2D eigenvalue weighted by atomic mass is 16.5. The lowest BCUT2D eigenvalue weighted by Gasteiger charge is -2.28. The number of aliphatic hydroxyl groups excluding tert-OH is 1. The van der Waals surface area contributed by atoms with Gasteiger partial charge in [-0.1, -0.05) is 20.8 Å². The lowest BCUT2D eigenvalue weighted by Crippen LogP contribution is -2.38. The summed E-state index contributed by atoms with van der Waals surface area (Å²) >= 11 is 0. The van der Waals surface area contributed by atoms with Crippen molar-refractivity contribution in [2.75, 3.05) is 26.4 Å². The first kappa shape index (κ1) is 13.9. The molecule has 0 aliphatic heterocycles. The van der Waals surface area contributed by atoms with Gasteiger partial charge in [-0.3, -0.25) is 0 Å². The zero-order valence-corrected chi connectivity index (χ0v) is 9.97. The molecule has 0 amide bonds. The molecule has 0 aliphatic carbocycles. The van der Waals surface area contributed by atoms with Crippen LogP contribution in [0.15, 0.2) is 0 Å². The van der Waals surface area contributed by atoms with Crippen LogP contribution in [0.4, 0.5) is 0 Å². The van der Waals surface area contributed by atoms with Crippen molar-refractivity contribution in [3.8, 4) is 0 Å². The summed E-state index contributed by atoms with van der Waals surface area (Å²) in [7, 11) is 0. The molecule has 0 saturated heterocycles. The second-order valence-electron chi connectivity index (χ2n) is 4.73. The van der Waals surface area contributed by atoms with E-state index in [0.717, 1.165) is 19.6 Å². The zero-order valence-electron chi connectivity index (χ0n) is 9.97. The summed E-state index contributed by atoms with van der Waals surface area (Å²) in [5.41, 5.74) is 0.311. The molecule has 0 aromatic rings. The molecule has 0 aromatic carbocycles. The molecular formula is C11H25NO2. The van der Waals surface area contributed by atoms with Crippen molar-refractivity contribution >= 4 is 0 Å². The van der Waals surface area contributed by atoms with E-state index in [1.807, 2.05) is 0 Å². The number of ether oxygens (including phenoxy) is 1. The van der Waals surface area contributed by atoms with E-state index >= 15 is 0 Å². The van der Waals surface area contributed by atoms with Gasteiger partial charge in [-0.2, -0.15) is 0 Å². The molecule has 3 heteroatoms. The van der Waals surface area contributed by atoms with Crippen molar-refractivity contribution in [3.05, 3.63) is 0 Å². The predicted molar refractivity (Wildman–Crippen MR) is 59.4 cm³/mol. The van der Waals surface area contributed by atoms with Crippen molar-refractivity contribution < 1.29 is 9.84 Å². The first-order valence-electron chi connectivity index (χ1n) is 5.40. The summed E-state index contributed by atoms with van der Waals surface area (Å²) in [5.74, 6) is 0. The molecule has 0 bridgehead atoms. The molecule has 3 nitrogen and oxygen atoms in total.